The first-order valence-corrected chi connectivity index (χ1v) is 6.26. The highest BCUT2D eigenvalue weighted by molar-refractivity contribution is 9.10. The van der Waals surface area contributed by atoms with Crippen molar-refractivity contribution in [1.29, 1.82) is 0 Å². The Bertz CT molecular complexity index is 597. The summed E-state index contributed by atoms with van der Waals surface area (Å²) in [6.45, 7) is 1.72. The van der Waals surface area contributed by atoms with Gasteiger partial charge in [-0.3, -0.25) is 0 Å². The number of nitrogens with zero attached hydrogens (tertiary/aromatic N) is 1. The first-order chi connectivity index (χ1) is 7.99. The molecule has 1 aromatic carbocycles. The molecule has 0 aliphatic heterocycles. The highest BCUT2D eigenvalue weighted by Crippen LogP contribution is 2.32. The fourth-order valence-corrected chi connectivity index (χ4v) is 2.56. The number of hydrogen-bond acceptors (Lipinski definition) is 3. The number of carboxylic acids is 1. The number of rotatable bonds is 2. The van der Waals surface area contributed by atoms with Crippen molar-refractivity contribution < 1.29 is 14.3 Å². The summed E-state index contributed by atoms with van der Waals surface area (Å²) in [6, 6.07) is 4.50. The van der Waals surface area contributed by atoms with Gasteiger partial charge in [0.1, 0.15) is 5.82 Å². The molecule has 0 bridgehead atoms. The topological polar surface area (TPSA) is 50.2 Å². The van der Waals surface area contributed by atoms with E-state index in [0.717, 1.165) is 0 Å². The molecule has 0 radical (unpaired) electrons. The highest BCUT2D eigenvalue weighted by Gasteiger charge is 2.18. The van der Waals surface area contributed by atoms with E-state index in [9.17, 15) is 9.18 Å². The lowest BCUT2D eigenvalue weighted by molar-refractivity contribution is 0.0692. The Hall–Kier alpha value is -1.27. The van der Waals surface area contributed by atoms with E-state index in [0.29, 0.717) is 19.9 Å². The van der Waals surface area contributed by atoms with E-state index in [1.54, 1.807) is 19.1 Å². The van der Waals surface area contributed by atoms with Gasteiger partial charge in [-0.1, -0.05) is 6.07 Å². The van der Waals surface area contributed by atoms with E-state index >= 15 is 0 Å². The largest absolute Gasteiger partial charge is 0.476 e. The number of thiazole rings is 1. The fourth-order valence-electron chi connectivity index (χ4n) is 1.41. The molecule has 3 nitrogen and oxygen atoms in total. The van der Waals surface area contributed by atoms with E-state index in [2.05, 4.69) is 20.9 Å². The molecule has 0 spiro atoms. The zero-order chi connectivity index (χ0) is 12.6. The van der Waals surface area contributed by atoms with Crippen LogP contribution in [0.15, 0.2) is 22.7 Å². The highest BCUT2D eigenvalue weighted by atomic mass is 79.9. The molecule has 0 atom stereocenters. The molecule has 2 rings (SSSR count). The Balaban J connectivity index is 2.59. The maximum absolute atomic E-state index is 13.4. The molecular formula is C11H7BrFNO2S. The summed E-state index contributed by atoms with van der Waals surface area (Å²) in [6.07, 6.45) is 0. The fraction of sp³-hybridized carbons (Fsp3) is 0.0909. The first kappa shape index (κ1) is 12.2. The van der Waals surface area contributed by atoms with Crippen molar-refractivity contribution in [2.24, 2.45) is 0 Å². The van der Waals surface area contributed by atoms with Gasteiger partial charge in [-0.15, -0.1) is 11.3 Å². The van der Waals surface area contributed by atoms with Gasteiger partial charge >= 0.3 is 5.97 Å². The Morgan fingerprint density at radius 1 is 1.53 bits per heavy atom. The predicted molar refractivity (Wildman–Crippen MR) is 66.9 cm³/mol. The van der Waals surface area contributed by atoms with Gasteiger partial charge in [-0.2, -0.15) is 0 Å². The molecule has 0 aliphatic rings. The number of hydrogen-bond donors (Lipinski definition) is 1. The van der Waals surface area contributed by atoms with Crippen LogP contribution in [0, 0.1) is 12.7 Å². The number of halogens is 2. The van der Waals surface area contributed by atoms with Crippen molar-refractivity contribution in [2.75, 3.05) is 0 Å². The zero-order valence-electron chi connectivity index (χ0n) is 8.70. The maximum atomic E-state index is 13.4. The summed E-state index contributed by atoms with van der Waals surface area (Å²) < 4.78 is 13.7. The van der Waals surface area contributed by atoms with Crippen LogP contribution in [0.3, 0.4) is 0 Å². The summed E-state index contributed by atoms with van der Waals surface area (Å²) in [5.41, 5.74) is 0.489. The molecule has 1 N–H and O–H groups in total. The lowest BCUT2D eigenvalue weighted by Gasteiger charge is -2.00. The molecule has 17 heavy (non-hydrogen) atoms. The van der Waals surface area contributed by atoms with Crippen LogP contribution in [0.1, 0.15) is 15.5 Å². The smallest absolute Gasteiger partial charge is 0.356 e. The summed E-state index contributed by atoms with van der Waals surface area (Å²) in [5, 5.41) is 9.64. The Morgan fingerprint density at radius 2 is 2.24 bits per heavy atom. The van der Waals surface area contributed by atoms with E-state index in [1.165, 1.54) is 17.4 Å². The van der Waals surface area contributed by atoms with E-state index in [1.807, 2.05) is 0 Å². The normalized spacial score (nSPS) is 10.5. The minimum absolute atomic E-state index is 0.0331. The third-order valence-electron chi connectivity index (χ3n) is 2.12. The number of aromatic nitrogens is 1. The number of aryl methyl sites for hydroxylation is 1. The van der Waals surface area contributed by atoms with Crippen molar-refractivity contribution in [3.63, 3.8) is 0 Å². The quantitative estimate of drug-likeness (QED) is 0.919. The minimum atomic E-state index is -1.10. The van der Waals surface area contributed by atoms with Gasteiger partial charge in [0.15, 0.2) is 5.69 Å². The van der Waals surface area contributed by atoms with Crippen LogP contribution in [-0.2, 0) is 0 Å². The molecular weight excluding hydrogens is 309 g/mol. The second kappa shape index (κ2) is 4.54. The van der Waals surface area contributed by atoms with Crippen LogP contribution in [0.4, 0.5) is 4.39 Å². The standard InChI is InChI=1S/C11H7BrFNO2S/c1-5-14-9(11(15)16)10(17-5)6-2-3-7(12)8(13)4-6/h2-4H,1H3,(H,15,16). The lowest BCUT2D eigenvalue weighted by atomic mass is 10.1. The molecule has 0 unspecified atom stereocenters. The average Bonchev–Trinajstić information content (AvgIpc) is 2.64. The van der Waals surface area contributed by atoms with E-state index in [-0.39, 0.29) is 5.69 Å². The second-order valence-electron chi connectivity index (χ2n) is 3.34. The number of carbonyl (C=O) groups is 1. The van der Waals surface area contributed by atoms with Crippen molar-refractivity contribution in [2.45, 2.75) is 6.92 Å². The molecule has 0 saturated carbocycles. The molecule has 1 aromatic heterocycles. The van der Waals surface area contributed by atoms with Crippen LogP contribution in [0.2, 0.25) is 0 Å². The Labute approximate surface area is 109 Å². The minimum Gasteiger partial charge on any atom is -0.476 e. The average molecular weight is 316 g/mol. The molecule has 0 fully saturated rings. The van der Waals surface area contributed by atoms with Crippen LogP contribution < -0.4 is 0 Å². The third-order valence-corrected chi connectivity index (χ3v) is 3.78. The molecule has 1 heterocycles. The molecule has 6 heteroatoms. The van der Waals surface area contributed by atoms with Gasteiger partial charge in [0, 0.05) is 0 Å². The number of aromatic carboxylic acids is 1. The second-order valence-corrected chi connectivity index (χ2v) is 5.40. The van der Waals surface area contributed by atoms with Gasteiger partial charge in [-0.05, 0) is 40.5 Å². The van der Waals surface area contributed by atoms with Gasteiger partial charge in [-0.25, -0.2) is 14.2 Å². The maximum Gasteiger partial charge on any atom is 0.356 e. The van der Waals surface area contributed by atoms with E-state index < -0.39 is 11.8 Å². The summed E-state index contributed by atoms with van der Waals surface area (Å²) >= 11 is 4.29. The number of benzene rings is 1. The lowest BCUT2D eigenvalue weighted by Crippen LogP contribution is -1.98. The van der Waals surface area contributed by atoms with Crippen molar-refractivity contribution in [3.8, 4) is 10.4 Å². The summed E-state index contributed by atoms with van der Waals surface area (Å²) in [7, 11) is 0. The van der Waals surface area contributed by atoms with Crippen LogP contribution in [0.25, 0.3) is 10.4 Å². The number of carboxylic acid groups (broad SMARTS) is 1. The Morgan fingerprint density at radius 3 is 2.82 bits per heavy atom. The van der Waals surface area contributed by atoms with Crippen LogP contribution >= 0.6 is 27.3 Å². The first-order valence-electron chi connectivity index (χ1n) is 4.65. The zero-order valence-corrected chi connectivity index (χ0v) is 11.1. The Kier molecular flexibility index (Phi) is 3.26. The molecule has 88 valence electrons. The SMILES string of the molecule is Cc1nc(C(=O)O)c(-c2ccc(Br)c(F)c2)s1. The van der Waals surface area contributed by atoms with Gasteiger partial charge in [0.25, 0.3) is 0 Å². The van der Waals surface area contributed by atoms with Crippen LogP contribution in [-0.4, -0.2) is 16.1 Å². The van der Waals surface area contributed by atoms with Crippen LogP contribution in [0.5, 0.6) is 0 Å². The molecule has 0 amide bonds. The van der Waals surface area contributed by atoms with Crippen molar-refractivity contribution >= 4 is 33.2 Å². The van der Waals surface area contributed by atoms with E-state index in [4.69, 9.17) is 5.11 Å². The van der Waals surface area contributed by atoms with Gasteiger partial charge in [0.05, 0.1) is 14.4 Å². The molecule has 2 aromatic rings. The summed E-state index contributed by atoms with van der Waals surface area (Å²) in [4.78, 5) is 15.4. The third kappa shape index (κ3) is 2.37. The monoisotopic (exact) mass is 315 g/mol. The van der Waals surface area contributed by atoms with Crippen molar-refractivity contribution in [3.05, 3.63) is 39.2 Å². The predicted octanol–water partition coefficient (Wildman–Crippen LogP) is 3.72. The van der Waals surface area contributed by atoms with Gasteiger partial charge < -0.3 is 5.11 Å². The molecule has 0 aliphatic carbocycles. The van der Waals surface area contributed by atoms with Crippen molar-refractivity contribution in [1.82, 2.24) is 4.98 Å². The van der Waals surface area contributed by atoms with Gasteiger partial charge in [0.2, 0.25) is 0 Å². The molecule has 0 saturated heterocycles. The summed E-state index contributed by atoms with van der Waals surface area (Å²) in [5.74, 6) is -1.53.